The summed E-state index contributed by atoms with van der Waals surface area (Å²) in [5.74, 6) is 0.172. The molecule has 2 rings (SSSR count). The number of carbonyl (C=O) groups excluding carboxylic acids is 1. The van der Waals surface area contributed by atoms with Crippen LogP contribution in [0.3, 0.4) is 0 Å². The van der Waals surface area contributed by atoms with Crippen LogP contribution in [0, 0.1) is 6.92 Å². The average molecular weight is 293 g/mol. The van der Waals surface area contributed by atoms with E-state index in [1.807, 2.05) is 13.8 Å². The molecule has 0 bridgehead atoms. The molecule has 2 heterocycles. The Morgan fingerprint density at radius 3 is 2.85 bits per heavy atom. The van der Waals surface area contributed by atoms with Crippen molar-refractivity contribution in [1.82, 2.24) is 20.5 Å². The normalized spacial score (nSPS) is 11.9. The van der Waals surface area contributed by atoms with Crippen LogP contribution in [0.15, 0.2) is 12.3 Å². The number of rotatable bonds is 4. The molecular formula is C12H15N5O2S. The molecule has 0 aliphatic rings. The van der Waals surface area contributed by atoms with E-state index in [0.717, 1.165) is 5.69 Å². The van der Waals surface area contributed by atoms with Crippen molar-refractivity contribution in [3.05, 3.63) is 28.5 Å². The van der Waals surface area contributed by atoms with E-state index in [4.69, 9.17) is 10.5 Å². The van der Waals surface area contributed by atoms with E-state index in [0.29, 0.717) is 21.5 Å². The lowest BCUT2D eigenvalue weighted by Crippen LogP contribution is -2.27. The van der Waals surface area contributed by atoms with Crippen LogP contribution in [0.5, 0.6) is 5.75 Å². The van der Waals surface area contributed by atoms with Crippen molar-refractivity contribution in [2.75, 3.05) is 12.8 Å². The highest BCUT2D eigenvalue weighted by atomic mass is 32.1. The van der Waals surface area contributed by atoms with E-state index in [1.165, 1.54) is 24.6 Å². The van der Waals surface area contributed by atoms with Crippen LogP contribution in [0.2, 0.25) is 0 Å². The number of nitrogens with one attached hydrogen (secondary N) is 1. The maximum atomic E-state index is 12.3. The first-order valence-corrected chi connectivity index (χ1v) is 6.73. The summed E-state index contributed by atoms with van der Waals surface area (Å²) < 4.78 is 5.14. The third-order valence-electron chi connectivity index (χ3n) is 2.64. The fourth-order valence-electron chi connectivity index (χ4n) is 1.65. The molecule has 0 spiro atoms. The van der Waals surface area contributed by atoms with Crippen molar-refractivity contribution < 1.29 is 9.53 Å². The number of amides is 1. The van der Waals surface area contributed by atoms with Gasteiger partial charge in [0.05, 0.1) is 24.9 Å². The lowest BCUT2D eigenvalue weighted by molar-refractivity contribution is 0.0936. The summed E-state index contributed by atoms with van der Waals surface area (Å²) in [6, 6.07) is 1.39. The van der Waals surface area contributed by atoms with E-state index >= 15 is 0 Å². The summed E-state index contributed by atoms with van der Waals surface area (Å²) in [6.07, 6.45) is 1.53. The lowest BCUT2D eigenvalue weighted by Gasteiger charge is -2.13. The molecule has 7 nitrogen and oxygen atoms in total. The second kappa shape index (κ2) is 5.83. The second-order valence-corrected chi connectivity index (χ2v) is 5.24. The Labute approximate surface area is 120 Å². The van der Waals surface area contributed by atoms with Crippen LogP contribution in [-0.4, -0.2) is 28.2 Å². The van der Waals surface area contributed by atoms with Crippen LogP contribution in [-0.2, 0) is 0 Å². The van der Waals surface area contributed by atoms with E-state index in [2.05, 4.69) is 20.5 Å². The van der Waals surface area contributed by atoms with Gasteiger partial charge in [-0.1, -0.05) is 11.3 Å². The second-order valence-electron chi connectivity index (χ2n) is 4.20. The van der Waals surface area contributed by atoms with Gasteiger partial charge in [0, 0.05) is 5.69 Å². The third-order valence-corrected chi connectivity index (χ3v) is 3.58. The summed E-state index contributed by atoms with van der Waals surface area (Å²) >= 11 is 1.24. The van der Waals surface area contributed by atoms with Crippen molar-refractivity contribution in [2.45, 2.75) is 19.9 Å². The Balaban J connectivity index is 2.18. The Hall–Kier alpha value is -2.22. The van der Waals surface area contributed by atoms with Crippen molar-refractivity contribution in [3.63, 3.8) is 0 Å². The summed E-state index contributed by atoms with van der Waals surface area (Å²) in [5, 5.41) is 11.5. The topological polar surface area (TPSA) is 103 Å². The SMILES string of the molecule is COc1cnc(C)cc1C(=O)NC(C)c1nnc(N)s1. The van der Waals surface area contributed by atoms with Crippen LogP contribution in [0.4, 0.5) is 5.13 Å². The summed E-state index contributed by atoms with van der Waals surface area (Å²) in [7, 11) is 1.50. The number of ether oxygens (including phenoxy) is 1. The molecule has 0 saturated heterocycles. The van der Waals surface area contributed by atoms with Gasteiger partial charge in [-0.25, -0.2) is 0 Å². The van der Waals surface area contributed by atoms with Gasteiger partial charge in [-0.05, 0) is 19.9 Å². The van der Waals surface area contributed by atoms with Crippen LogP contribution in [0.1, 0.15) is 34.0 Å². The molecule has 1 unspecified atom stereocenters. The molecule has 1 atom stereocenters. The molecule has 0 aliphatic carbocycles. The highest BCUT2D eigenvalue weighted by Gasteiger charge is 2.18. The van der Waals surface area contributed by atoms with E-state index < -0.39 is 0 Å². The summed E-state index contributed by atoms with van der Waals surface area (Å²) in [4.78, 5) is 16.4. The maximum absolute atomic E-state index is 12.3. The number of carbonyl (C=O) groups is 1. The fraction of sp³-hybridized carbons (Fsp3) is 0.333. The molecule has 8 heteroatoms. The third kappa shape index (κ3) is 3.02. The van der Waals surface area contributed by atoms with Crippen LogP contribution < -0.4 is 15.8 Å². The molecule has 20 heavy (non-hydrogen) atoms. The number of aromatic nitrogens is 3. The Kier molecular flexibility index (Phi) is 4.14. The quantitative estimate of drug-likeness (QED) is 0.881. The first-order valence-electron chi connectivity index (χ1n) is 5.91. The number of anilines is 1. The predicted octanol–water partition coefficient (Wildman–Crippen LogP) is 1.32. The molecule has 0 saturated carbocycles. The predicted molar refractivity (Wildman–Crippen MR) is 75.7 cm³/mol. The lowest BCUT2D eigenvalue weighted by atomic mass is 10.2. The highest BCUT2D eigenvalue weighted by Crippen LogP contribution is 2.21. The van der Waals surface area contributed by atoms with Gasteiger partial charge in [-0.15, -0.1) is 10.2 Å². The first kappa shape index (κ1) is 14.2. The number of hydrogen-bond donors (Lipinski definition) is 2. The van der Waals surface area contributed by atoms with Gasteiger partial charge in [0.15, 0.2) is 0 Å². The number of pyridine rings is 1. The number of nitrogens with two attached hydrogens (primary N) is 1. The zero-order valence-corrected chi connectivity index (χ0v) is 12.2. The molecule has 2 aromatic rings. The molecule has 2 aromatic heterocycles. The maximum Gasteiger partial charge on any atom is 0.255 e. The Bertz CT molecular complexity index is 628. The molecule has 0 aromatic carbocycles. The van der Waals surface area contributed by atoms with E-state index in [-0.39, 0.29) is 11.9 Å². The van der Waals surface area contributed by atoms with Gasteiger partial charge in [0.2, 0.25) is 5.13 Å². The molecule has 0 fully saturated rings. The molecule has 0 aliphatic heterocycles. The summed E-state index contributed by atoms with van der Waals surface area (Å²) in [5.41, 5.74) is 6.70. The molecule has 0 radical (unpaired) electrons. The monoisotopic (exact) mass is 293 g/mol. The highest BCUT2D eigenvalue weighted by molar-refractivity contribution is 7.15. The van der Waals surface area contributed by atoms with E-state index in [1.54, 1.807) is 6.07 Å². The van der Waals surface area contributed by atoms with Crippen molar-refractivity contribution in [2.24, 2.45) is 0 Å². The van der Waals surface area contributed by atoms with Gasteiger partial charge in [-0.3, -0.25) is 9.78 Å². The average Bonchev–Trinajstić information content (AvgIpc) is 2.85. The minimum atomic E-state index is -0.282. The first-order chi connectivity index (χ1) is 9.51. The van der Waals surface area contributed by atoms with Gasteiger partial charge in [0.1, 0.15) is 10.8 Å². The number of nitrogens with zero attached hydrogens (tertiary/aromatic N) is 3. The van der Waals surface area contributed by atoms with Crippen molar-refractivity contribution >= 4 is 22.4 Å². The standard InChI is InChI=1S/C12H15N5O2S/c1-6-4-8(9(19-3)5-14-6)10(18)15-7(2)11-16-17-12(13)20-11/h4-5,7H,1-3H3,(H2,13,17)(H,15,18). The zero-order chi connectivity index (χ0) is 14.7. The fourth-order valence-corrected chi connectivity index (χ4v) is 2.26. The number of aryl methyl sites for hydroxylation is 1. The van der Waals surface area contributed by atoms with Crippen LogP contribution >= 0.6 is 11.3 Å². The van der Waals surface area contributed by atoms with Gasteiger partial charge in [0.25, 0.3) is 5.91 Å². The Morgan fingerprint density at radius 2 is 2.25 bits per heavy atom. The number of hydrogen-bond acceptors (Lipinski definition) is 7. The van der Waals surface area contributed by atoms with Gasteiger partial charge < -0.3 is 15.8 Å². The largest absolute Gasteiger partial charge is 0.494 e. The number of methoxy groups -OCH3 is 1. The molecule has 106 valence electrons. The Morgan fingerprint density at radius 1 is 1.50 bits per heavy atom. The van der Waals surface area contributed by atoms with Gasteiger partial charge >= 0.3 is 0 Å². The number of nitrogen functional groups attached to an aromatic ring is 1. The molecular weight excluding hydrogens is 278 g/mol. The zero-order valence-electron chi connectivity index (χ0n) is 11.4. The van der Waals surface area contributed by atoms with Gasteiger partial charge in [-0.2, -0.15) is 0 Å². The van der Waals surface area contributed by atoms with Crippen molar-refractivity contribution in [3.8, 4) is 5.75 Å². The molecule has 3 N–H and O–H groups in total. The smallest absolute Gasteiger partial charge is 0.255 e. The van der Waals surface area contributed by atoms with Crippen molar-refractivity contribution in [1.29, 1.82) is 0 Å². The minimum absolute atomic E-state index is 0.256. The van der Waals surface area contributed by atoms with Crippen LogP contribution in [0.25, 0.3) is 0 Å². The molecule has 1 amide bonds. The summed E-state index contributed by atoms with van der Waals surface area (Å²) in [6.45, 7) is 3.63. The minimum Gasteiger partial charge on any atom is -0.494 e. The van der Waals surface area contributed by atoms with E-state index in [9.17, 15) is 4.79 Å².